The summed E-state index contributed by atoms with van der Waals surface area (Å²) >= 11 is 0. The standard InChI is InChI=1S/C20H17N7O2/c1-22-18(28)12-8-6-11(7-9-12)15-10-23-17(21)16(24-15)19(29)27-20-25-13-4-2-3-5-14(13)26-20/h2-10H,1H3,(H2,21,23)(H,22,28)(H2,25,26,27,29). The first-order chi connectivity index (χ1) is 14.0. The van der Waals surface area contributed by atoms with E-state index < -0.39 is 5.91 Å². The summed E-state index contributed by atoms with van der Waals surface area (Å²) in [5.41, 5.74) is 9.04. The van der Waals surface area contributed by atoms with Gasteiger partial charge in [0.25, 0.3) is 11.8 Å². The molecule has 2 aromatic carbocycles. The van der Waals surface area contributed by atoms with E-state index in [0.29, 0.717) is 16.8 Å². The number of amides is 2. The SMILES string of the molecule is CNC(=O)c1ccc(-c2cnc(N)c(C(=O)Nc3nc4ccccc4[nH]3)n2)cc1. The Hall–Kier alpha value is -4.27. The zero-order valence-electron chi connectivity index (χ0n) is 15.4. The van der Waals surface area contributed by atoms with E-state index in [1.165, 1.54) is 6.20 Å². The molecule has 9 nitrogen and oxygen atoms in total. The molecule has 4 rings (SSSR count). The number of aromatic nitrogens is 4. The lowest BCUT2D eigenvalue weighted by Gasteiger charge is -2.07. The predicted octanol–water partition coefficient (Wildman–Crippen LogP) is 2.21. The number of hydrogen-bond donors (Lipinski definition) is 4. The summed E-state index contributed by atoms with van der Waals surface area (Å²) in [5, 5.41) is 5.22. The molecule has 0 bridgehead atoms. The summed E-state index contributed by atoms with van der Waals surface area (Å²) in [5.74, 6) is -0.425. The Balaban J connectivity index is 1.60. The van der Waals surface area contributed by atoms with Crippen LogP contribution in [0.1, 0.15) is 20.8 Å². The van der Waals surface area contributed by atoms with Gasteiger partial charge in [-0.05, 0) is 24.3 Å². The van der Waals surface area contributed by atoms with Gasteiger partial charge in [-0.15, -0.1) is 0 Å². The van der Waals surface area contributed by atoms with Gasteiger partial charge in [0.2, 0.25) is 5.95 Å². The minimum absolute atomic E-state index is 0.00402. The second kappa shape index (κ2) is 7.39. The highest BCUT2D eigenvalue weighted by atomic mass is 16.2. The van der Waals surface area contributed by atoms with Crippen molar-refractivity contribution < 1.29 is 9.59 Å². The van der Waals surface area contributed by atoms with Gasteiger partial charge in [-0.3, -0.25) is 14.9 Å². The molecule has 0 atom stereocenters. The van der Waals surface area contributed by atoms with Gasteiger partial charge < -0.3 is 16.0 Å². The molecule has 4 aromatic rings. The van der Waals surface area contributed by atoms with E-state index in [2.05, 4.69) is 30.6 Å². The second-order valence-electron chi connectivity index (χ2n) is 6.20. The van der Waals surface area contributed by atoms with Crippen LogP contribution in [0.4, 0.5) is 11.8 Å². The van der Waals surface area contributed by atoms with Crippen LogP contribution in [0, 0.1) is 0 Å². The van der Waals surface area contributed by atoms with Gasteiger partial charge in [-0.2, -0.15) is 0 Å². The summed E-state index contributed by atoms with van der Waals surface area (Å²) in [6, 6.07) is 14.2. The van der Waals surface area contributed by atoms with E-state index in [-0.39, 0.29) is 23.4 Å². The first kappa shape index (κ1) is 18.1. The van der Waals surface area contributed by atoms with Crippen molar-refractivity contribution in [2.24, 2.45) is 0 Å². The second-order valence-corrected chi connectivity index (χ2v) is 6.20. The van der Waals surface area contributed by atoms with Crippen molar-refractivity contribution in [3.63, 3.8) is 0 Å². The molecule has 0 aliphatic rings. The number of rotatable bonds is 4. The highest BCUT2D eigenvalue weighted by Crippen LogP contribution is 2.20. The lowest BCUT2D eigenvalue weighted by molar-refractivity contribution is 0.0962. The zero-order valence-corrected chi connectivity index (χ0v) is 15.4. The van der Waals surface area contributed by atoms with Gasteiger partial charge in [0.1, 0.15) is 0 Å². The van der Waals surface area contributed by atoms with E-state index in [0.717, 1.165) is 11.0 Å². The number of nitrogens with one attached hydrogen (secondary N) is 3. The number of hydrogen-bond acceptors (Lipinski definition) is 6. The van der Waals surface area contributed by atoms with Crippen LogP contribution in [0.3, 0.4) is 0 Å². The van der Waals surface area contributed by atoms with E-state index in [9.17, 15) is 9.59 Å². The fourth-order valence-electron chi connectivity index (χ4n) is 2.82. The average Bonchev–Trinajstić information content (AvgIpc) is 3.15. The number of aromatic amines is 1. The van der Waals surface area contributed by atoms with Crippen LogP contribution in [0.2, 0.25) is 0 Å². The van der Waals surface area contributed by atoms with Crippen molar-refractivity contribution in [1.29, 1.82) is 0 Å². The summed E-state index contributed by atoms with van der Waals surface area (Å²) in [7, 11) is 1.56. The van der Waals surface area contributed by atoms with Crippen LogP contribution < -0.4 is 16.4 Å². The molecule has 0 aliphatic carbocycles. The molecule has 2 heterocycles. The lowest BCUT2D eigenvalue weighted by Crippen LogP contribution is -2.18. The van der Waals surface area contributed by atoms with Gasteiger partial charge in [0, 0.05) is 18.2 Å². The number of anilines is 2. The Morgan fingerprint density at radius 1 is 1.00 bits per heavy atom. The molecule has 29 heavy (non-hydrogen) atoms. The Morgan fingerprint density at radius 2 is 1.76 bits per heavy atom. The molecule has 144 valence electrons. The zero-order chi connectivity index (χ0) is 20.4. The minimum atomic E-state index is -0.530. The molecule has 0 fully saturated rings. The smallest absolute Gasteiger partial charge is 0.280 e. The van der Waals surface area contributed by atoms with Crippen molar-refractivity contribution >= 4 is 34.6 Å². The number of nitrogen functional groups attached to an aromatic ring is 1. The molecule has 0 radical (unpaired) electrons. The maximum atomic E-state index is 12.7. The summed E-state index contributed by atoms with van der Waals surface area (Å²) in [4.78, 5) is 40.1. The van der Waals surface area contributed by atoms with E-state index in [1.54, 1.807) is 31.3 Å². The van der Waals surface area contributed by atoms with Crippen molar-refractivity contribution in [2.45, 2.75) is 0 Å². The molecule has 9 heteroatoms. The fourth-order valence-corrected chi connectivity index (χ4v) is 2.82. The van der Waals surface area contributed by atoms with E-state index in [1.807, 2.05) is 24.3 Å². The average molecular weight is 387 g/mol. The van der Waals surface area contributed by atoms with Crippen molar-refractivity contribution in [3.8, 4) is 11.3 Å². The predicted molar refractivity (Wildman–Crippen MR) is 109 cm³/mol. The third kappa shape index (κ3) is 3.61. The Morgan fingerprint density at radius 3 is 2.48 bits per heavy atom. The van der Waals surface area contributed by atoms with Gasteiger partial charge >= 0.3 is 0 Å². The van der Waals surface area contributed by atoms with Crippen molar-refractivity contribution in [1.82, 2.24) is 25.3 Å². The number of carbonyl (C=O) groups excluding carboxylic acids is 2. The van der Waals surface area contributed by atoms with Crippen molar-refractivity contribution in [3.05, 3.63) is 66.0 Å². The number of nitrogens with zero attached hydrogens (tertiary/aromatic N) is 3. The van der Waals surface area contributed by atoms with Crippen LogP contribution in [0.5, 0.6) is 0 Å². The number of imidazole rings is 1. The topological polar surface area (TPSA) is 139 Å². The molecule has 0 aliphatic heterocycles. The van der Waals surface area contributed by atoms with Crippen LogP contribution >= 0.6 is 0 Å². The minimum Gasteiger partial charge on any atom is -0.382 e. The summed E-state index contributed by atoms with van der Waals surface area (Å²) < 4.78 is 0. The van der Waals surface area contributed by atoms with Gasteiger partial charge in [-0.25, -0.2) is 15.0 Å². The maximum Gasteiger partial charge on any atom is 0.280 e. The molecular weight excluding hydrogens is 370 g/mol. The molecule has 5 N–H and O–H groups in total. The van der Waals surface area contributed by atoms with Crippen LogP contribution in [-0.2, 0) is 0 Å². The van der Waals surface area contributed by atoms with Gasteiger partial charge in [-0.1, -0.05) is 24.3 Å². The van der Waals surface area contributed by atoms with Crippen LogP contribution in [-0.4, -0.2) is 38.8 Å². The molecule has 0 saturated heterocycles. The summed E-state index contributed by atoms with van der Waals surface area (Å²) in [6.45, 7) is 0. The number of H-pyrrole nitrogens is 1. The number of para-hydroxylation sites is 2. The molecule has 0 saturated carbocycles. The number of benzene rings is 2. The lowest BCUT2D eigenvalue weighted by atomic mass is 10.1. The maximum absolute atomic E-state index is 12.7. The normalized spacial score (nSPS) is 10.7. The van der Waals surface area contributed by atoms with E-state index >= 15 is 0 Å². The molecule has 0 spiro atoms. The van der Waals surface area contributed by atoms with E-state index in [4.69, 9.17) is 5.73 Å². The first-order valence-corrected chi connectivity index (χ1v) is 8.76. The van der Waals surface area contributed by atoms with Crippen LogP contribution in [0.15, 0.2) is 54.7 Å². The Bertz CT molecular complexity index is 1180. The summed E-state index contributed by atoms with van der Waals surface area (Å²) in [6.07, 6.45) is 1.47. The number of nitrogens with two attached hydrogens (primary N) is 1. The molecular formula is C20H17N7O2. The first-order valence-electron chi connectivity index (χ1n) is 8.76. The highest BCUT2D eigenvalue weighted by Gasteiger charge is 2.17. The molecule has 2 amide bonds. The van der Waals surface area contributed by atoms with Crippen molar-refractivity contribution in [2.75, 3.05) is 18.1 Å². The van der Waals surface area contributed by atoms with Crippen LogP contribution in [0.25, 0.3) is 22.3 Å². The molecule has 0 unspecified atom stereocenters. The quantitative estimate of drug-likeness (QED) is 0.423. The largest absolute Gasteiger partial charge is 0.382 e. The van der Waals surface area contributed by atoms with Gasteiger partial charge in [0.05, 0.1) is 22.9 Å². The number of fused-ring (bicyclic) bond motifs is 1. The third-order valence-electron chi connectivity index (χ3n) is 4.31. The molecule has 2 aromatic heterocycles. The monoisotopic (exact) mass is 387 g/mol. The third-order valence-corrected chi connectivity index (χ3v) is 4.31. The highest BCUT2D eigenvalue weighted by molar-refractivity contribution is 6.05. The Labute approximate surface area is 165 Å². The Kier molecular flexibility index (Phi) is 4.62. The fraction of sp³-hybridized carbons (Fsp3) is 0.0500. The number of carbonyl (C=O) groups is 2. The van der Waals surface area contributed by atoms with Gasteiger partial charge in [0.15, 0.2) is 11.5 Å².